The monoisotopic (exact) mass is 293 g/mol. The third-order valence-corrected chi connectivity index (χ3v) is 3.87. The molecule has 0 amide bonds. The number of hydrogen-bond donors (Lipinski definition) is 1. The maximum atomic E-state index is 11.9. The number of rotatable bonds is 9. The number of para-hydroxylation sites is 1. The fourth-order valence-corrected chi connectivity index (χ4v) is 2.69. The minimum atomic E-state index is -0.916. The van der Waals surface area contributed by atoms with E-state index >= 15 is 0 Å². The molecule has 0 aliphatic carbocycles. The van der Waals surface area contributed by atoms with Gasteiger partial charge in [0.2, 0.25) is 0 Å². The van der Waals surface area contributed by atoms with Crippen molar-refractivity contribution >= 4 is 5.97 Å². The van der Waals surface area contributed by atoms with Crippen LogP contribution in [0.2, 0.25) is 0 Å². The van der Waals surface area contributed by atoms with Crippen molar-refractivity contribution in [2.24, 2.45) is 0 Å². The van der Waals surface area contributed by atoms with Gasteiger partial charge in [-0.1, -0.05) is 32.0 Å². The standard InChI is InChI=1S/C17H27NO3/c1-5-11-18(12-6-2)17(3,16(19)20)13-14-9-7-8-10-15(14)21-4/h7-10H,5-6,11-13H2,1-4H3,(H,19,20). The summed E-state index contributed by atoms with van der Waals surface area (Å²) in [5.74, 6) is -0.0340. The van der Waals surface area contributed by atoms with Gasteiger partial charge in [-0.3, -0.25) is 9.69 Å². The second-order valence-corrected chi connectivity index (χ2v) is 5.55. The van der Waals surface area contributed by atoms with Crippen LogP contribution < -0.4 is 4.74 Å². The molecule has 1 N–H and O–H groups in total. The lowest BCUT2D eigenvalue weighted by Gasteiger charge is -2.38. The number of carbonyl (C=O) groups is 1. The molecule has 1 atom stereocenters. The van der Waals surface area contributed by atoms with E-state index in [9.17, 15) is 9.90 Å². The Bertz CT molecular complexity index is 455. The third kappa shape index (κ3) is 4.21. The van der Waals surface area contributed by atoms with Gasteiger partial charge in [-0.25, -0.2) is 0 Å². The van der Waals surface area contributed by atoms with E-state index in [-0.39, 0.29) is 0 Å². The average Bonchev–Trinajstić information content (AvgIpc) is 2.47. The van der Waals surface area contributed by atoms with Gasteiger partial charge in [0.1, 0.15) is 11.3 Å². The van der Waals surface area contributed by atoms with Gasteiger partial charge in [0.05, 0.1) is 7.11 Å². The van der Waals surface area contributed by atoms with Crippen molar-refractivity contribution in [2.45, 2.75) is 45.6 Å². The number of ether oxygens (including phenoxy) is 1. The summed E-state index contributed by atoms with van der Waals surface area (Å²) < 4.78 is 5.36. The zero-order valence-electron chi connectivity index (χ0n) is 13.6. The highest BCUT2D eigenvalue weighted by Gasteiger charge is 2.39. The molecule has 0 aromatic heterocycles. The Hall–Kier alpha value is -1.55. The van der Waals surface area contributed by atoms with E-state index in [1.54, 1.807) is 7.11 Å². The molecule has 0 radical (unpaired) electrons. The number of carboxylic acids is 1. The van der Waals surface area contributed by atoms with Crippen LogP contribution in [-0.2, 0) is 11.2 Å². The van der Waals surface area contributed by atoms with Crippen LogP contribution in [0, 0.1) is 0 Å². The van der Waals surface area contributed by atoms with Gasteiger partial charge < -0.3 is 9.84 Å². The Morgan fingerprint density at radius 1 is 1.24 bits per heavy atom. The van der Waals surface area contributed by atoms with Crippen LogP contribution in [0.25, 0.3) is 0 Å². The Kier molecular flexibility index (Phi) is 6.69. The molecule has 0 saturated heterocycles. The van der Waals surface area contributed by atoms with E-state index in [4.69, 9.17) is 4.74 Å². The number of aliphatic carboxylic acids is 1. The number of nitrogens with zero attached hydrogens (tertiary/aromatic N) is 1. The predicted octanol–water partition coefficient (Wildman–Crippen LogP) is 3.20. The first kappa shape index (κ1) is 17.5. The molecule has 1 aromatic rings. The molecule has 4 heteroatoms. The van der Waals surface area contributed by atoms with Crippen LogP contribution in [0.4, 0.5) is 0 Å². The molecule has 4 nitrogen and oxygen atoms in total. The van der Waals surface area contributed by atoms with E-state index in [0.717, 1.165) is 37.2 Å². The fraction of sp³-hybridized carbons (Fsp3) is 0.588. The number of methoxy groups -OCH3 is 1. The van der Waals surface area contributed by atoms with Gasteiger partial charge in [-0.2, -0.15) is 0 Å². The predicted molar refractivity (Wildman–Crippen MR) is 84.9 cm³/mol. The van der Waals surface area contributed by atoms with Gasteiger partial charge in [0.25, 0.3) is 0 Å². The zero-order chi connectivity index (χ0) is 15.9. The first-order valence-electron chi connectivity index (χ1n) is 7.59. The number of hydrogen-bond acceptors (Lipinski definition) is 3. The van der Waals surface area contributed by atoms with Crippen LogP contribution in [0.5, 0.6) is 5.75 Å². The van der Waals surface area contributed by atoms with E-state index < -0.39 is 11.5 Å². The molecule has 1 rings (SSSR count). The molecular formula is C17H27NO3. The number of carboxylic acid groups (broad SMARTS) is 1. The van der Waals surface area contributed by atoms with E-state index in [2.05, 4.69) is 18.7 Å². The molecule has 0 saturated carbocycles. The van der Waals surface area contributed by atoms with Crippen LogP contribution >= 0.6 is 0 Å². The maximum Gasteiger partial charge on any atom is 0.324 e. The molecular weight excluding hydrogens is 266 g/mol. The van der Waals surface area contributed by atoms with Crippen molar-refractivity contribution in [3.63, 3.8) is 0 Å². The molecule has 0 fully saturated rings. The Balaban J connectivity index is 3.11. The molecule has 0 bridgehead atoms. The first-order chi connectivity index (χ1) is 9.99. The van der Waals surface area contributed by atoms with Crippen LogP contribution in [-0.4, -0.2) is 41.7 Å². The second kappa shape index (κ2) is 8.03. The number of benzene rings is 1. The summed E-state index contributed by atoms with van der Waals surface area (Å²) in [4.78, 5) is 14.0. The lowest BCUT2D eigenvalue weighted by Crippen LogP contribution is -2.54. The smallest absolute Gasteiger partial charge is 0.324 e. The molecule has 0 spiro atoms. The van der Waals surface area contributed by atoms with Crippen molar-refractivity contribution in [1.82, 2.24) is 4.90 Å². The Morgan fingerprint density at radius 3 is 2.29 bits per heavy atom. The summed E-state index contributed by atoms with van der Waals surface area (Å²) >= 11 is 0. The quantitative estimate of drug-likeness (QED) is 0.759. The summed E-state index contributed by atoms with van der Waals surface area (Å²) in [6.45, 7) is 7.53. The van der Waals surface area contributed by atoms with Crippen LogP contribution in [0.3, 0.4) is 0 Å². The largest absolute Gasteiger partial charge is 0.496 e. The van der Waals surface area contributed by atoms with Crippen molar-refractivity contribution in [3.8, 4) is 5.75 Å². The minimum absolute atomic E-state index is 0.437. The van der Waals surface area contributed by atoms with Gasteiger partial charge in [-0.05, 0) is 44.5 Å². The van der Waals surface area contributed by atoms with Crippen LogP contribution in [0.15, 0.2) is 24.3 Å². The van der Waals surface area contributed by atoms with Crippen molar-refractivity contribution < 1.29 is 14.6 Å². The van der Waals surface area contributed by atoms with E-state index in [1.165, 1.54) is 0 Å². The summed E-state index contributed by atoms with van der Waals surface area (Å²) in [5.41, 5.74) is 0.0165. The first-order valence-corrected chi connectivity index (χ1v) is 7.59. The van der Waals surface area contributed by atoms with Gasteiger partial charge in [0, 0.05) is 6.42 Å². The van der Waals surface area contributed by atoms with Gasteiger partial charge in [0.15, 0.2) is 0 Å². The average molecular weight is 293 g/mol. The summed E-state index contributed by atoms with van der Waals surface area (Å²) in [7, 11) is 1.62. The highest BCUT2D eigenvalue weighted by Crippen LogP contribution is 2.27. The molecule has 118 valence electrons. The normalized spacial score (nSPS) is 14.0. The fourth-order valence-electron chi connectivity index (χ4n) is 2.69. The molecule has 0 heterocycles. The molecule has 1 unspecified atom stereocenters. The molecule has 1 aromatic carbocycles. The molecule has 0 aliphatic rings. The van der Waals surface area contributed by atoms with Crippen LogP contribution in [0.1, 0.15) is 39.2 Å². The SMILES string of the molecule is CCCN(CCC)C(C)(Cc1ccccc1OC)C(=O)O. The Morgan fingerprint density at radius 2 is 1.81 bits per heavy atom. The summed E-state index contributed by atoms with van der Waals surface area (Å²) in [6.07, 6.45) is 2.32. The topological polar surface area (TPSA) is 49.8 Å². The van der Waals surface area contributed by atoms with Crippen molar-refractivity contribution in [1.29, 1.82) is 0 Å². The molecule has 0 aliphatic heterocycles. The zero-order valence-corrected chi connectivity index (χ0v) is 13.6. The van der Waals surface area contributed by atoms with Gasteiger partial charge >= 0.3 is 5.97 Å². The van der Waals surface area contributed by atoms with E-state index in [1.807, 2.05) is 31.2 Å². The highest BCUT2D eigenvalue weighted by molar-refractivity contribution is 5.79. The Labute approximate surface area is 127 Å². The van der Waals surface area contributed by atoms with Crippen molar-refractivity contribution in [3.05, 3.63) is 29.8 Å². The summed E-state index contributed by atoms with van der Waals surface area (Å²) in [6, 6.07) is 7.64. The lowest BCUT2D eigenvalue weighted by atomic mass is 9.90. The third-order valence-electron chi connectivity index (χ3n) is 3.87. The van der Waals surface area contributed by atoms with E-state index in [0.29, 0.717) is 6.42 Å². The molecule has 21 heavy (non-hydrogen) atoms. The minimum Gasteiger partial charge on any atom is -0.496 e. The highest BCUT2D eigenvalue weighted by atomic mass is 16.5. The maximum absolute atomic E-state index is 11.9. The summed E-state index contributed by atoms with van der Waals surface area (Å²) in [5, 5.41) is 9.80. The lowest BCUT2D eigenvalue weighted by molar-refractivity contribution is -0.150. The van der Waals surface area contributed by atoms with Crippen molar-refractivity contribution in [2.75, 3.05) is 20.2 Å². The van der Waals surface area contributed by atoms with Gasteiger partial charge in [-0.15, -0.1) is 0 Å². The second-order valence-electron chi connectivity index (χ2n) is 5.55.